The third-order valence-corrected chi connectivity index (χ3v) is 4.20. The normalized spacial score (nSPS) is 18.1. The zero-order chi connectivity index (χ0) is 19.0. The van der Waals surface area contributed by atoms with E-state index in [1.807, 2.05) is 12.1 Å². The molecule has 1 N–H and O–H groups in total. The van der Waals surface area contributed by atoms with Crippen molar-refractivity contribution in [2.45, 2.75) is 19.1 Å². The standard InChI is InChI=1S/C18H17N5O4/c1-11-16(27-15-6-4-3-5-14(15)26-11)17(24)19-12-7-9-13(10-8-12)23-18(25)22(2)20-21-23/h3-11,16H,1-2H3,(H,19,24)/t11-,16+/m0/s1. The number of hydrogen-bond donors (Lipinski definition) is 1. The van der Waals surface area contributed by atoms with Crippen LogP contribution < -0.4 is 20.5 Å². The maximum absolute atomic E-state index is 12.6. The number of anilines is 1. The third kappa shape index (κ3) is 3.14. The molecule has 1 amide bonds. The number of amides is 1. The maximum Gasteiger partial charge on any atom is 0.368 e. The van der Waals surface area contributed by atoms with Crippen molar-refractivity contribution in [3.63, 3.8) is 0 Å². The molecule has 2 heterocycles. The average Bonchev–Trinajstić information content (AvgIpc) is 3.00. The van der Waals surface area contributed by atoms with Gasteiger partial charge in [-0.1, -0.05) is 12.1 Å². The lowest BCUT2D eigenvalue weighted by Crippen LogP contribution is -2.46. The number of nitrogens with one attached hydrogen (secondary N) is 1. The van der Waals surface area contributed by atoms with Gasteiger partial charge in [0.05, 0.1) is 5.69 Å². The first-order valence-electron chi connectivity index (χ1n) is 8.35. The van der Waals surface area contributed by atoms with E-state index in [-0.39, 0.29) is 11.6 Å². The summed E-state index contributed by atoms with van der Waals surface area (Å²) in [6.07, 6.45) is -1.21. The van der Waals surface area contributed by atoms with Crippen LogP contribution in [0, 0.1) is 0 Å². The fraction of sp³-hybridized carbons (Fsp3) is 0.222. The minimum absolute atomic E-state index is 0.318. The molecule has 0 saturated heterocycles. The van der Waals surface area contributed by atoms with E-state index >= 15 is 0 Å². The highest BCUT2D eigenvalue weighted by Gasteiger charge is 2.34. The van der Waals surface area contributed by atoms with Gasteiger partial charge in [0.15, 0.2) is 11.5 Å². The average molecular weight is 367 g/mol. The van der Waals surface area contributed by atoms with Crippen molar-refractivity contribution in [2.24, 2.45) is 7.05 Å². The summed E-state index contributed by atoms with van der Waals surface area (Å²) in [5.41, 5.74) is 0.757. The summed E-state index contributed by atoms with van der Waals surface area (Å²) in [6, 6.07) is 13.9. The molecule has 138 valence electrons. The summed E-state index contributed by atoms with van der Waals surface area (Å²) in [7, 11) is 1.52. The number of carbonyl (C=O) groups is 1. The predicted molar refractivity (Wildman–Crippen MR) is 96.2 cm³/mol. The van der Waals surface area contributed by atoms with Gasteiger partial charge < -0.3 is 14.8 Å². The smallest absolute Gasteiger partial charge is 0.368 e. The molecular weight excluding hydrogens is 350 g/mol. The zero-order valence-electron chi connectivity index (χ0n) is 14.7. The first-order valence-corrected chi connectivity index (χ1v) is 8.35. The fourth-order valence-electron chi connectivity index (χ4n) is 2.78. The van der Waals surface area contributed by atoms with Crippen LogP contribution >= 0.6 is 0 Å². The van der Waals surface area contributed by atoms with E-state index in [1.54, 1.807) is 43.3 Å². The van der Waals surface area contributed by atoms with Gasteiger partial charge in [-0.15, -0.1) is 0 Å². The summed E-state index contributed by atoms with van der Waals surface area (Å²) in [5, 5.41) is 10.2. The Balaban J connectivity index is 1.48. The fourth-order valence-corrected chi connectivity index (χ4v) is 2.78. The number of para-hydroxylation sites is 2. The van der Waals surface area contributed by atoms with Crippen LogP contribution in [0.5, 0.6) is 11.5 Å². The Hall–Kier alpha value is -3.62. The number of ether oxygens (including phenoxy) is 2. The Morgan fingerprint density at radius 3 is 2.33 bits per heavy atom. The first-order chi connectivity index (χ1) is 13.0. The van der Waals surface area contributed by atoms with Gasteiger partial charge in [0.25, 0.3) is 5.91 Å². The molecule has 0 aliphatic carbocycles. The highest BCUT2D eigenvalue weighted by atomic mass is 16.6. The second-order valence-corrected chi connectivity index (χ2v) is 6.14. The molecule has 1 aliphatic rings. The van der Waals surface area contributed by atoms with E-state index in [0.717, 1.165) is 4.68 Å². The van der Waals surface area contributed by atoms with Gasteiger partial charge in [0.2, 0.25) is 6.10 Å². The van der Waals surface area contributed by atoms with Gasteiger partial charge >= 0.3 is 5.69 Å². The quantitative estimate of drug-likeness (QED) is 0.745. The molecule has 0 bridgehead atoms. The van der Waals surface area contributed by atoms with Crippen LogP contribution in [0.1, 0.15) is 6.92 Å². The van der Waals surface area contributed by atoms with Crippen LogP contribution in [-0.2, 0) is 11.8 Å². The summed E-state index contributed by atoms with van der Waals surface area (Å²) in [6.45, 7) is 1.78. The number of nitrogens with zero attached hydrogens (tertiary/aromatic N) is 4. The monoisotopic (exact) mass is 367 g/mol. The van der Waals surface area contributed by atoms with Gasteiger partial charge in [-0.3, -0.25) is 4.79 Å². The van der Waals surface area contributed by atoms with Gasteiger partial charge in [0.1, 0.15) is 6.10 Å². The highest BCUT2D eigenvalue weighted by molar-refractivity contribution is 5.95. The second-order valence-electron chi connectivity index (χ2n) is 6.14. The molecule has 0 unspecified atom stereocenters. The number of fused-ring (bicyclic) bond motifs is 1. The summed E-state index contributed by atoms with van der Waals surface area (Å²) in [5.74, 6) is 0.836. The van der Waals surface area contributed by atoms with E-state index in [9.17, 15) is 9.59 Å². The van der Waals surface area contributed by atoms with E-state index in [4.69, 9.17) is 9.47 Å². The van der Waals surface area contributed by atoms with Gasteiger partial charge in [-0.2, -0.15) is 9.36 Å². The molecule has 2 atom stereocenters. The van der Waals surface area contributed by atoms with Crippen molar-refractivity contribution in [3.8, 4) is 17.2 Å². The molecule has 2 aromatic carbocycles. The van der Waals surface area contributed by atoms with Crippen molar-refractivity contribution in [3.05, 3.63) is 59.0 Å². The maximum atomic E-state index is 12.6. The molecule has 27 heavy (non-hydrogen) atoms. The Kier molecular flexibility index (Phi) is 4.11. The lowest BCUT2D eigenvalue weighted by molar-refractivity contribution is -0.128. The lowest BCUT2D eigenvalue weighted by Gasteiger charge is -2.31. The van der Waals surface area contributed by atoms with Crippen LogP contribution in [0.2, 0.25) is 0 Å². The lowest BCUT2D eigenvalue weighted by atomic mass is 10.1. The van der Waals surface area contributed by atoms with E-state index in [1.165, 1.54) is 11.7 Å². The largest absolute Gasteiger partial charge is 0.482 e. The number of aryl methyl sites for hydroxylation is 1. The van der Waals surface area contributed by atoms with Crippen LogP contribution in [0.25, 0.3) is 5.69 Å². The molecule has 9 heteroatoms. The Morgan fingerprint density at radius 2 is 1.70 bits per heavy atom. The predicted octanol–water partition coefficient (Wildman–Crippen LogP) is 1.13. The Labute approximate surface area is 154 Å². The minimum Gasteiger partial charge on any atom is -0.482 e. The molecule has 4 rings (SSSR count). The van der Waals surface area contributed by atoms with Crippen molar-refractivity contribution in [2.75, 3.05) is 5.32 Å². The van der Waals surface area contributed by atoms with Crippen molar-refractivity contribution >= 4 is 11.6 Å². The van der Waals surface area contributed by atoms with Gasteiger partial charge in [-0.25, -0.2) is 4.79 Å². The molecule has 3 aromatic rings. The molecular formula is C18H17N5O4. The van der Waals surface area contributed by atoms with Crippen molar-refractivity contribution in [1.29, 1.82) is 0 Å². The van der Waals surface area contributed by atoms with Crippen molar-refractivity contribution in [1.82, 2.24) is 19.8 Å². The minimum atomic E-state index is -0.776. The molecule has 9 nitrogen and oxygen atoms in total. The van der Waals surface area contributed by atoms with Crippen LogP contribution in [-0.4, -0.2) is 37.9 Å². The van der Waals surface area contributed by atoms with Crippen LogP contribution in [0.4, 0.5) is 5.69 Å². The first kappa shape index (κ1) is 16.8. The SMILES string of the molecule is C[C@@H]1Oc2ccccc2O[C@H]1C(=O)Nc1ccc(-n2nnn(C)c2=O)cc1. The highest BCUT2D eigenvalue weighted by Crippen LogP contribution is 2.33. The topological polar surface area (TPSA) is 100 Å². The third-order valence-electron chi connectivity index (χ3n) is 4.20. The van der Waals surface area contributed by atoms with Gasteiger partial charge in [0, 0.05) is 12.7 Å². The zero-order valence-corrected chi connectivity index (χ0v) is 14.7. The number of carbonyl (C=O) groups excluding carboxylic acids is 1. The summed E-state index contributed by atoms with van der Waals surface area (Å²) in [4.78, 5) is 24.5. The van der Waals surface area contributed by atoms with E-state index in [0.29, 0.717) is 22.9 Å². The molecule has 0 radical (unpaired) electrons. The van der Waals surface area contributed by atoms with E-state index in [2.05, 4.69) is 15.7 Å². The molecule has 1 aliphatic heterocycles. The van der Waals surface area contributed by atoms with Crippen molar-refractivity contribution < 1.29 is 14.3 Å². The number of benzene rings is 2. The molecule has 0 saturated carbocycles. The Bertz CT molecular complexity index is 1040. The summed E-state index contributed by atoms with van der Waals surface area (Å²) >= 11 is 0. The second kappa shape index (κ2) is 6.60. The number of rotatable bonds is 3. The number of tetrazole rings is 1. The molecule has 0 spiro atoms. The molecule has 0 fully saturated rings. The van der Waals surface area contributed by atoms with Gasteiger partial charge in [-0.05, 0) is 53.7 Å². The van der Waals surface area contributed by atoms with E-state index < -0.39 is 12.2 Å². The molecule has 1 aromatic heterocycles. The van der Waals surface area contributed by atoms with Crippen LogP contribution in [0.15, 0.2) is 53.3 Å². The number of aromatic nitrogens is 4. The number of hydrogen-bond acceptors (Lipinski definition) is 6. The summed E-state index contributed by atoms with van der Waals surface area (Å²) < 4.78 is 13.8. The van der Waals surface area contributed by atoms with Crippen LogP contribution in [0.3, 0.4) is 0 Å². The Morgan fingerprint density at radius 1 is 1.04 bits per heavy atom.